The standard InChI is InChI=1S/C28H39N6O8P/c1-3-4-16-42-28(37)33-14-12-32(13-15-33)27(36)23(19-43(38,39)40)30-26(35)22-17-24(34-11-10-21(18-34)41-2)31-25(29-22)20-8-6-5-7-9-20/h5-9,17,21,23H,3-4,10-16,18-19H2,1-2H3,(H,30,35)(H2,38,39,40)/t21-,23-/m1/s1. The van der Waals surface area contributed by atoms with E-state index in [1.807, 2.05) is 42.2 Å². The van der Waals surface area contributed by atoms with Crippen LogP contribution in [0.3, 0.4) is 0 Å². The van der Waals surface area contributed by atoms with Gasteiger partial charge in [-0.1, -0.05) is 43.7 Å². The van der Waals surface area contributed by atoms with E-state index >= 15 is 0 Å². The van der Waals surface area contributed by atoms with Crippen LogP contribution in [-0.2, 0) is 18.8 Å². The van der Waals surface area contributed by atoms with Gasteiger partial charge in [-0.15, -0.1) is 0 Å². The van der Waals surface area contributed by atoms with Crippen LogP contribution < -0.4 is 10.2 Å². The number of nitrogens with zero attached hydrogens (tertiary/aromatic N) is 5. The summed E-state index contributed by atoms with van der Waals surface area (Å²) in [4.78, 5) is 72.7. The molecule has 2 aliphatic rings. The van der Waals surface area contributed by atoms with Crippen LogP contribution in [0.2, 0.25) is 0 Å². The Morgan fingerprint density at radius 3 is 2.40 bits per heavy atom. The number of carbonyl (C=O) groups excluding carboxylic acids is 3. The Bertz CT molecular complexity index is 1320. The minimum atomic E-state index is -4.71. The first-order valence-corrected chi connectivity index (χ1v) is 16.2. The molecule has 15 heteroatoms. The second-order valence-electron chi connectivity index (χ2n) is 10.5. The molecule has 2 fully saturated rings. The lowest BCUT2D eigenvalue weighted by Crippen LogP contribution is -2.56. The zero-order valence-electron chi connectivity index (χ0n) is 24.4. The first-order chi connectivity index (χ1) is 20.6. The number of unbranched alkanes of at least 4 members (excludes halogenated alkanes) is 1. The van der Waals surface area contributed by atoms with Crippen LogP contribution in [0.5, 0.6) is 0 Å². The Kier molecular flexibility index (Phi) is 11.1. The van der Waals surface area contributed by atoms with Gasteiger partial charge in [0, 0.05) is 58.0 Å². The van der Waals surface area contributed by atoms with E-state index in [2.05, 4.69) is 15.3 Å². The molecular formula is C28H39N6O8P. The Morgan fingerprint density at radius 1 is 1.07 bits per heavy atom. The molecule has 0 spiro atoms. The number of hydrogen-bond acceptors (Lipinski definition) is 9. The van der Waals surface area contributed by atoms with Gasteiger partial charge in [-0.2, -0.15) is 0 Å². The molecule has 43 heavy (non-hydrogen) atoms. The molecule has 0 saturated carbocycles. The van der Waals surface area contributed by atoms with Crippen LogP contribution in [0.4, 0.5) is 10.6 Å². The molecule has 3 N–H and O–H groups in total. The fourth-order valence-electron chi connectivity index (χ4n) is 4.94. The zero-order chi connectivity index (χ0) is 31.0. The summed E-state index contributed by atoms with van der Waals surface area (Å²) in [5.74, 6) is -0.633. The number of ether oxygens (including phenoxy) is 2. The zero-order valence-corrected chi connectivity index (χ0v) is 25.3. The molecule has 0 aliphatic carbocycles. The summed E-state index contributed by atoms with van der Waals surface area (Å²) in [6.07, 6.45) is 1.08. The number of anilines is 1. The number of hydrogen-bond donors (Lipinski definition) is 3. The molecule has 2 atom stereocenters. The molecule has 0 unspecified atom stereocenters. The minimum absolute atomic E-state index is 0.0105. The van der Waals surface area contributed by atoms with Crippen molar-refractivity contribution in [3.05, 3.63) is 42.1 Å². The average Bonchev–Trinajstić information content (AvgIpc) is 3.50. The fourth-order valence-corrected chi connectivity index (χ4v) is 5.66. The normalized spacial score (nSPS) is 18.0. The van der Waals surface area contributed by atoms with Crippen LogP contribution in [0, 0.1) is 0 Å². The molecule has 1 aromatic heterocycles. The molecule has 3 amide bonds. The maximum atomic E-state index is 13.5. The summed E-state index contributed by atoms with van der Waals surface area (Å²) >= 11 is 0. The molecular weight excluding hydrogens is 579 g/mol. The minimum Gasteiger partial charge on any atom is -0.449 e. The second kappa shape index (κ2) is 14.7. The maximum absolute atomic E-state index is 13.5. The number of amides is 3. The lowest BCUT2D eigenvalue weighted by molar-refractivity contribution is -0.134. The van der Waals surface area contributed by atoms with Crippen LogP contribution in [-0.4, -0.2) is 119 Å². The van der Waals surface area contributed by atoms with Gasteiger partial charge in [0.05, 0.1) is 18.9 Å². The lowest BCUT2D eigenvalue weighted by Gasteiger charge is -2.36. The quantitative estimate of drug-likeness (QED) is 0.247. The summed E-state index contributed by atoms with van der Waals surface area (Å²) in [5.41, 5.74) is 0.627. The lowest BCUT2D eigenvalue weighted by atomic mass is 10.2. The summed E-state index contributed by atoms with van der Waals surface area (Å²) in [5, 5.41) is 2.51. The van der Waals surface area contributed by atoms with Crippen molar-refractivity contribution in [2.24, 2.45) is 0 Å². The largest absolute Gasteiger partial charge is 0.449 e. The highest BCUT2D eigenvalue weighted by molar-refractivity contribution is 7.51. The van der Waals surface area contributed by atoms with E-state index in [-0.39, 0.29) is 38.0 Å². The summed E-state index contributed by atoms with van der Waals surface area (Å²) in [7, 11) is -3.08. The van der Waals surface area contributed by atoms with Crippen molar-refractivity contribution in [2.45, 2.75) is 38.3 Å². The Balaban J connectivity index is 1.52. The van der Waals surface area contributed by atoms with Gasteiger partial charge < -0.3 is 39.3 Å². The van der Waals surface area contributed by atoms with E-state index in [4.69, 9.17) is 9.47 Å². The van der Waals surface area contributed by atoms with Crippen molar-refractivity contribution >= 4 is 31.3 Å². The van der Waals surface area contributed by atoms with Gasteiger partial charge in [0.1, 0.15) is 17.6 Å². The van der Waals surface area contributed by atoms with Crippen molar-refractivity contribution in [2.75, 3.05) is 64.0 Å². The molecule has 1 aromatic carbocycles. The number of nitrogens with one attached hydrogen (secondary N) is 1. The van der Waals surface area contributed by atoms with Crippen LogP contribution in [0.15, 0.2) is 36.4 Å². The molecule has 2 saturated heterocycles. The van der Waals surface area contributed by atoms with Crippen molar-refractivity contribution in [3.63, 3.8) is 0 Å². The highest BCUT2D eigenvalue weighted by Crippen LogP contribution is 2.35. The van der Waals surface area contributed by atoms with E-state index in [9.17, 15) is 28.7 Å². The van der Waals surface area contributed by atoms with E-state index in [1.54, 1.807) is 7.11 Å². The highest BCUT2D eigenvalue weighted by atomic mass is 31.2. The predicted molar refractivity (Wildman–Crippen MR) is 158 cm³/mol. The molecule has 4 rings (SSSR count). The van der Waals surface area contributed by atoms with Gasteiger partial charge in [0.2, 0.25) is 5.91 Å². The van der Waals surface area contributed by atoms with E-state index < -0.39 is 37.7 Å². The molecule has 2 aliphatic heterocycles. The predicted octanol–water partition coefficient (Wildman–Crippen LogP) is 1.73. The van der Waals surface area contributed by atoms with E-state index in [0.29, 0.717) is 36.9 Å². The summed E-state index contributed by atoms with van der Waals surface area (Å²) in [6.45, 7) is 4.17. The van der Waals surface area contributed by atoms with Crippen LogP contribution in [0.1, 0.15) is 36.7 Å². The van der Waals surface area contributed by atoms with Gasteiger partial charge in [-0.3, -0.25) is 14.2 Å². The first kappa shape index (κ1) is 32.3. The Morgan fingerprint density at radius 2 is 1.77 bits per heavy atom. The number of methoxy groups -OCH3 is 1. The van der Waals surface area contributed by atoms with E-state index in [0.717, 1.165) is 19.3 Å². The summed E-state index contributed by atoms with van der Waals surface area (Å²) in [6, 6.07) is 9.09. The van der Waals surface area contributed by atoms with Crippen molar-refractivity contribution in [1.82, 2.24) is 25.1 Å². The summed E-state index contributed by atoms with van der Waals surface area (Å²) < 4.78 is 22.7. The van der Waals surface area contributed by atoms with E-state index in [1.165, 1.54) is 15.9 Å². The number of aromatic nitrogens is 2. The third-order valence-corrected chi connectivity index (χ3v) is 8.22. The highest BCUT2D eigenvalue weighted by Gasteiger charge is 2.35. The molecule has 0 radical (unpaired) electrons. The fraction of sp³-hybridized carbons (Fsp3) is 0.536. The molecule has 14 nitrogen and oxygen atoms in total. The van der Waals surface area contributed by atoms with Gasteiger partial charge in [-0.25, -0.2) is 14.8 Å². The van der Waals surface area contributed by atoms with Crippen LogP contribution >= 0.6 is 7.60 Å². The first-order valence-electron chi connectivity index (χ1n) is 14.4. The molecule has 234 valence electrons. The number of piperazine rings is 1. The Labute approximate surface area is 250 Å². The number of carbonyl (C=O) groups is 3. The molecule has 0 bridgehead atoms. The number of benzene rings is 1. The van der Waals surface area contributed by atoms with Crippen LogP contribution in [0.25, 0.3) is 11.4 Å². The van der Waals surface area contributed by atoms with Crippen molar-refractivity contribution in [3.8, 4) is 11.4 Å². The third kappa shape index (κ3) is 8.96. The van der Waals surface area contributed by atoms with Crippen molar-refractivity contribution in [1.29, 1.82) is 0 Å². The van der Waals surface area contributed by atoms with Gasteiger partial charge in [0.25, 0.3) is 5.91 Å². The average molecular weight is 619 g/mol. The monoisotopic (exact) mass is 618 g/mol. The smallest absolute Gasteiger partial charge is 0.409 e. The van der Waals surface area contributed by atoms with Gasteiger partial charge in [-0.05, 0) is 12.8 Å². The third-order valence-electron chi connectivity index (χ3n) is 7.38. The van der Waals surface area contributed by atoms with Gasteiger partial charge >= 0.3 is 13.7 Å². The SMILES string of the molecule is CCCCOC(=O)N1CCN(C(=O)[C@@H](CP(=O)(O)O)NC(=O)c2cc(N3CC[C@@H](OC)C3)nc(-c3ccccc3)n2)CC1. The van der Waals surface area contributed by atoms with Crippen molar-refractivity contribution < 1.29 is 38.2 Å². The molecule has 2 aromatic rings. The Hall–Kier alpha value is -3.58. The van der Waals surface area contributed by atoms with Gasteiger partial charge in [0.15, 0.2) is 5.82 Å². The molecule has 3 heterocycles. The topological polar surface area (TPSA) is 175 Å². The number of rotatable bonds is 11. The second-order valence-corrected chi connectivity index (χ2v) is 12.2. The maximum Gasteiger partial charge on any atom is 0.409 e.